The van der Waals surface area contributed by atoms with Gasteiger partial charge in [-0.25, -0.2) is 0 Å². The van der Waals surface area contributed by atoms with Crippen LogP contribution in [0.3, 0.4) is 0 Å². The van der Waals surface area contributed by atoms with E-state index in [1.165, 1.54) is 12.1 Å². The minimum atomic E-state index is -0.781. The molecule has 7 heteroatoms. The molecule has 0 aliphatic carbocycles. The predicted octanol–water partition coefficient (Wildman–Crippen LogP) is 3.06. The van der Waals surface area contributed by atoms with E-state index in [2.05, 4.69) is 5.32 Å². The van der Waals surface area contributed by atoms with Crippen LogP contribution in [0.1, 0.15) is 54.4 Å². The summed E-state index contributed by atoms with van der Waals surface area (Å²) in [6.07, 6.45) is 4.26. The molecule has 0 heterocycles. The minimum Gasteiger partial charge on any atom is -0.481 e. The molecule has 0 aliphatic heterocycles. The summed E-state index contributed by atoms with van der Waals surface area (Å²) in [5.41, 5.74) is 0.678. The summed E-state index contributed by atoms with van der Waals surface area (Å²) in [5, 5.41) is 22.1. The lowest BCUT2D eigenvalue weighted by molar-refractivity contribution is -0.385. The van der Waals surface area contributed by atoms with E-state index in [1.54, 1.807) is 13.0 Å². The van der Waals surface area contributed by atoms with Gasteiger partial charge in [-0.3, -0.25) is 19.7 Å². The third-order valence-corrected chi connectivity index (χ3v) is 3.45. The first-order valence-corrected chi connectivity index (χ1v) is 7.67. The number of nitro benzene ring substituents is 1. The normalized spacial score (nSPS) is 10.3. The van der Waals surface area contributed by atoms with Crippen LogP contribution in [0.25, 0.3) is 0 Å². The summed E-state index contributed by atoms with van der Waals surface area (Å²) in [4.78, 5) is 32.8. The zero-order valence-corrected chi connectivity index (χ0v) is 13.2. The van der Waals surface area contributed by atoms with Gasteiger partial charge in [-0.2, -0.15) is 0 Å². The van der Waals surface area contributed by atoms with Gasteiger partial charge in [0.05, 0.1) is 4.92 Å². The van der Waals surface area contributed by atoms with Crippen molar-refractivity contribution in [3.63, 3.8) is 0 Å². The van der Waals surface area contributed by atoms with Gasteiger partial charge in [0, 0.05) is 19.0 Å². The average molecular weight is 322 g/mol. The fourth-order valence-corrected chi connectivity index (χ4v) is 2.22. The maximum atomic E-state index is 12.1. The second-order valence-electron chi connectivity index (χ2n) is 5.45. The van der Waals surface area contributed by atoms with Crippen molar-refractivity contribution in [1.29, 1.82) is 0 Å². The molecule has 7 nitrogen and oxygen atoms in total. The van der Waals surface area contributed by atoms with Crippen LogP contribution in [0, 0.1) is 17.0 Å². The van der Waals surface area contributed by atoms with Crippen molar-refractivity contribution in [3.05, 3.63) is 39.4 Å². The Balaban J connectivity index is 2.33. The lowest BCUT2D eigenvalue weighted by Crippen LogP contribution is -2.25. The van der Waals surface area contributed by atoms with Crippen molar-refractivity contribution in [2.24, 2.45) is 0 Å². The number of benzene rings is 1. The van der Waals surface area contributed by atoms with E-state index in [0.29, 0.717) is 13.0 Å². The maximum absolute atomic E-state index is 12.1. The number of nitrogens with one attached hydrogen (secondary N) is 1. The van der Waals surface area contributed by atoms with E-state index in [-0.39, 0.29) is 17.7 Å². The Morgan fingerprint density at radius 2 is 1.83 bits per heavy atom. The highest BCUT2D eigenvalue weighted by Gasteiger charge is 2.19. The number of carboxylic acids is 1. The number of unbranched alkanes of at least 4 members (excludes halogenated alkanes) is 4. The minimum absolute atomic E-state index is 0.0801. The molecule has 0 aliphatic rings. The maximum Gasteiger partial charge on any atom is 0.303 e. The van der Waals surface area contributed by atoms with Gasteiger partial charge >= 0.3 is 5.97 Å². The van der Waals surface area contributed by atoms with Crippen LogP contribution in [0.15, 0.2) is 18.2 Å². The molecular formula is C16H22N2O5. The number of aliphatic carboxylic acids is 1. The Hall–Kier alpha value is -2.44. The van der Waals surface area contributed by atoms with Gasteiger partial charge in [0.15, 0.2) is 0 Å². The molecule has 0 atom stereocenters. The number of rotatable bonds is 10. The number of carbonyl (C=O) groups is 2. The Morgan fingerprint density at radius 3 is 2.48 bits per heavy atom. The van der Waals surface area contributed by atoms with E-state index in [9.17, 15) is 19.7 Å². The standard InChI is InChI=1S/C16H22N2O5/c1-12-8-9-14(18(22)23)13(11-12)16(21)17-10-6-4-2-3-5-7-15(19)20/h8-9,11H,2-7,10H2,1H3,(H,17,21)(H,19,20). The highest BCUT2D eigenvalue weighted by molar-refractivity contribution is 5.98. The zero-order chi connectivity index (χ0) is 17.2. The first-order chi connectivity index (χ1) is 10.9. The first-order valence-electron chi connectivity index (χ1n) is 7.67. The van der Waals surface area contributed by atoms with Gasteiger partial charge in [-0.05, 0) is 31.4 Å². The summed E-state index contributed by atoms with van der Waals surface area (Å²) < 4.78 is 0. The lowest BCUT2D eigenvalue weighted by atomic mass is 10.1. The van der Waals surface area contributed by atoms with E-state index in [1.807, 2.05) is 0 Å². The number of hydrogen-bond acceptors (Lipinski definition) is 4. The molecule has 1 aromatic rings. The fraction of sp³-hybridized carbons (Fsp3) is 0.500. The fourth-order valence-electron chi connectivity index (χ4n) is 2.22. The van der Waals surface area contributed by atoms with Crippen molar-refractivity contribution in [2.75, 3.05) is 6.54 Å². The van der Waals surface area contributed by atoms with Crippen molar-refractivity contribution in [3.8, 4) is 0 Å². The number of nitro groups is 1. The largest absolute Gasteiger partial charge is 0.481 e. The Labute approximate surface area is 134 Å². The van der Waals surface area contributed by atoms with Crippen LogP contribution in [0.4, 0.5) is 5.69 Å². The summed E-state index contributed by atoms with van der Waals surface area (Å²) in [7, 11) is 0. The van der Waals surface area contributed by atoms with Crippen LogP contribution in [0.5, 0.6) is 0 Å². The molecule has 1 rings (SSSR count). The molecule has 0 saturated heterocycles. The Morgan fingerprint density at radius 1 is 1.17 bits per heavy atom. The number of nitrogens with zero attached hydrogens (tertiary/aromatic N) is 1. The molecule has 0 radical (unpaired) electrons. The van der Waals surface area contributed by atoms with Gasteiger partial charge in [-0.1, -0.05) is 25.3 Å². The van der Waals surface area contributed by atoms with Crippen molar-refractivity contribution in [1.82, 2.24) is 5.32 Å². The molecule has 2 N–H and O–H groups in total. The second-order valence-corrected chi connectivity index (χ2v) is 5.45. The summed E-state index contributed by atoms with van der Waals surface area (Å²) in [5.74, 6) is -1.22. The van der Waals surface area contributed by atoms with Crippen molar-refractivity contribution >= 4 is 17.6 Å². The molecular weight excluding hydrogens is 300 g/mol. The topological polar surface area (TPSA) is 110 Å². The molecule has 1 amide bonds. The Bertz CT molecular complexity index is 572. The highest BCUT2D eigenvalue weighted by atomic mass is 16.6. The van der Waals surface area contributed by atoms with Crippen LogP contribution in [0.2, 0.25) is 0 Å². The number of hydrogen-bond donors (Lipinski definition) is 2. The van der Waals surface area contributed by atoms with Crippen LogP contribution in [-0.4, -0.2) is 28.5 Å². The molecule has 0 spiro atoms. The van der Waals surface area contributed by atoms with Crippen LogP contribution >= 0.6 is 0 Å². The average Bonchev–Trinajstić information content (AvgIpc) is 2.48. The van der Waals surface area contributed by atoms with Crippen LogP contribution in [-0.2, 0) is 4.79 Å². The smallest absolute Gasteiger partial charge is 0.303 e. The van der Waals surface area contributed by atoms with Gasteiger partial charge in [0.1, 0.15) is 5.56 Å². The van der Waals surface area contributed by atoms with Crippen molar-refractivity contribution in [2.45, 2.75) is 45.4 Å². The Kier molecular flexibility index (Phi) is 7.73. The van der Waals surface area contributed by atoms with Gasteiger partial charge in [-0.15, -0.1) is 0 Å². The van der Waals surface area contributed by atoms with E-state index in [0.717, 1.165) is 31.2 Å². The zero-order valence-electron chi connectivity index (χ0n) is 13.2. The third kappa shape index (κ3) is 6.90. The number of carbonyl (C=O) groups excluding carboxylic acids is 1. The van der Waals surface area contributed by atoms with E-state index < -0.39 is 16.8 Å². The van der Waals surface area contributed by atoms with Crippen LogP contribution < -0.4 is 5.32 Å². The van der Waals surface area contributed by atoms with E-state index in [4.69, 9.17) is 5.11 Å². The molecule has 0 bridgehead atoms. The number of aryl methyl sites for hydroxylation is 1. The lowest BCUT2D eigenvalue weighted by Gasteiger charge is -2.06. The summed E-state index contributed by atoms with van der Waals surface area (Å²) >= 11 is 0. The molecule has 0 unspecified atom stereocenters. The van der Waals surface area contributed by atoms with Gasteiger partial charge < -0.3 is 10.4 Å². The molecule has 0 aromatic heterocycles. The number of amides is 1. The van der Waals surface area contributed by atoms with Gasteiger partial charge in [0.2, 0.25) is 0 Å². The number of carboxylic acid groups (broad SMARTS) is 1. The highest BCUT2D eigenvalue weighted by Crippen LogP contribution is 2.19. The third-order valence-electron chi connectivity index (χ3n) is 3.45. The SMILES string of the molecule is Cc1ccc([N+](=O)[O-])c(C(=O)NCCCCCCCC(=O)O)c1. The quantitative estimate of drug-likeness (QED) is 0.391. The molecule has 1 aromatic carbocycles. The molecule has 0 saturated carbocycles. The molecule has 126 valence electrons. The summed E-state index contributed by atoms with van der Waals surface area (Å²) in [6, 6.07) is 4.46. The summed E-state index contributed by atoms with van der Waals surface area (Å²) in [6.45, 7) is 2.22. The molecule has 23 heavy (non-hydrogen) atoms. The molecule has 0 fully saturated rings. The predicted molar refractivity (Wildman–Crippen MR) is 85.5 cm³/mol. The van der Waals surface area contributed by atoms with Gasteiger partial charge in [0.25, 0.3) is 11.6 Å². The van der Waals surface area contributed by atoms with Crippen molar-refractivity contribution < 1.29 is 19.6 Å². The monoisotopic (exact) mass is 322 g/mol. The van der Waals surface area contributed by atoms with E-state index >= 15 is 0 Å². The first kappa shape index (κ1) is 18.6. The second kappa shape index (κ2) is 9.55.